The minimum atomic E-state index is -1.79. The first-order valence-electron chi connectivity index (χ1n) is 34.9. The number of nitrogens with two attached hydrogens (primary N) is 1. The molecule has 3 aliphatic heterocycles. The van der Waals surface area contributed by atoms with Crippen LogP contribution in [-0.2, 0) is 9.16 Å². The van der Waals surface area contributed by atoms with Crippen molar-refractivity contribution in [3.05, 3.63) is 73.6 Å². The second-order valence-corrected chi connectivity index (χ2v) is 31.6. The lowest BCUT2D eigenvalue weighted by atomic mass is 10.1. The summed E-state index contributed by atoms with van der Waals surface area (Å²) in [5, 5.41) is 38.3. The van der Waals surface area contributed by atoms with Gasteiger partial charge in [0.05, 0.1) is 35.6 Å². The van der Waals surface area contributed by atoms with E-state index in [2.05, 4.69) is 139 Å². The highest BCUT2D eigenvalue weighted by molar-refractivity contribution is 6.74. The number of unbranched alkanes of at least 4 members (excludes halogenated alkanes) is 10. The zero-order valence-corrected chi connectivity index (χ0v) is 57.9. The number of aromatic nitrogens is 12. The lowest BCUT2D eigenvalue weighted by Gasteiger charge is -2.38. The van der Waals surface area contributed by atoms with Crippen LogP contribution in [0.1, 0.15) is 215 Å². The van der Waals surface area contributed by atoms with Crippen LogP contribution in [0.5, 0.6) is 0 Å². The maximum atomic E-state index is 9.73. The van der Waals surface area contributed by atoms with E-state index < -0.39 is 8.32 Å². The maximum Gasteiger partial charge on any atom is 0.230 e. The van der Waals surface area contributed by atoms with Gasteiger partial charge in [0.1, 0.15) is 11.3 Å². The van der Waals surface area contributed by atoms with Crippen LogP contribution in [0.4, 0.5) is 39.6 Å². The van der Waals surface area contributed by atoms with E-state index in [-0.39, 0.29) is 17.2 Å². The summed E-state index contributed by atoms with van der Waals surface area (Å²) in [6, 6.07) is 12.7. The van der Waals surface area contributed by atoms with Crippen molar-refractivity contribution in [2.75, 3.05) is 59.8 Å². The predicted octanol–water partition coefficient (Wildman–Crippen LogP) is 16.8. The smallest absolute Gasteiger partial charge is 0.230 e. The van der Waals surface area contributed by atoms with Crippen LogP contribution in [0, 0.1) is 0 Å². The molecule has 8 aromatic rings. The summed E-state index contributed by atoms with van der Waals surface area (Å²) in [5.41, 5.74) is 4.13. The van der Waals surface area contributed by atoms with Crippen LogP contribution in [0.3, 0.4) is 0 Å². The predicted molar refractivity (Wildman–Crippen MR) is 376 cm³/mol. The zero-order valence-electron chi connectivity index (χ0n) is 56.9. The van der Waals surface area contributed by atoms with Crippen LogP contribution in [0.15, 0.2) is 73.6 Å². The number of nitrogens with zero attached hydrogens (tertiary/aromatic N) is 14. The third-order valence-corrected chi connectivity index (χ3v) is 23.4. The first-order valence-corrected chi connectivity index (χ1v) is 37.8. The van der Waals surface area contributed by atoms with Gasteiger partial charge in [-0.25, -0.2) is 9.97 Å². The highest BCUT2D eigenvalue weighted by Crippen LogP contribution is 2.41. The molecule has 2 saturated carbocycles. The van der Waals surface area contributed by atoms with E-state index in [1.54, 1.807) is 0 Å². The highest BCUT2D eigenvalue weighted by Gasteiger charge is 2.41. The largest absolute Gasteiger partial charge is 0.412 e. The second kappa shape index (κ2) is 36.2. The van der Waals surface area contributed by atoms with Gasteiger partial charge >= 0.3 is 0 Å². The number of hydrogen-bond acceptors (Lipinski definition) is 18. The average molecular weight is 1280 g/mol. The Labute approximate surface area is 547 Å². The Hall–Kier alpha value is -6.59. The summed E-state index contributed by atoms with van der Waals surface area (Å²) >= 11 is 0. The van der Waals surface area contributed by atoms with Crippen molar-refractivity contribution in [1.29, 1.82) is 0 Å². The van der Waals surface area contributed by atoms with Gasteiger partial charge in [-0.1, -0.05) is 151 Å². The Morgan fingerprint density at radius 3 is 1.36 bits per heavy atom. The second-order valence-electron chi connectivity index (χ2n) is 26.8. The fourth-order valence-electron chi connectivity index (χ4n) is 12.7. The molecular formula is C70H108FN17O3Si. The van der Waals surface area contributed by atoms with Crippen molar-refractivity contribution in [2.24, 2.45) is 5.96 Å². The third-order valence-electron chi connectivity index (χ3n) is 18.8. The minimum Gasteiger partial charge on any atom is -0.412 e. The summed E-state index contributed by atoms with van der Waals surface area (Å²) in [5.74, 6) is 6.90. The summed E-state index contributed by atoms with van der Waals surface area (Å²) in [6.07, 6.45) is 42.3. The molecule has 0 unspecified atom stereocenters. The van der Waals surface area contributed by atoms with Crippen LogP contribution in [0.25, 0.3) is 43.9 Å². The van der Waals surface area contributed by atoms with Gasteiger partial charge in [0.2, 0.25) is 11.9 Å². The molecule has 13 rings (SSSR count). The van der Waals surface area contributed by atoms with Gasteiger partial charge in [-0.05, 0) is 106 Å². The first-order chi connectivity index (χ1) is 44.8. The van der Waals surface area contributed by atoms with Crippen LogP contribution >= 0.6 is 0 Å². The summed E-state index contributed by atoms with van der Waals surface area (Å²) in [6.45, 7) is 25.7. The molecule has 0 aromatic carbocycles. The molecule has 3 saturated heterocycles. The van der Waals surface area contributed by atoms with Crippen LogP contribution < -0.4 is 26.4 Å². The van der Waals surface area contributed by atoms with Crippen LogP contribution in [0.2, 0.25) is 18.1 Å². The molecule has 5 aliphatic rings. The van der Waals surface area contributed by atoms with E-state index in [0.29, 0.717) is 42.2 Å². The standard InChI is InChI=1S/C28H38N8OSi.C22H24N8O.2C8H18.C4H8O.FH2N/c1-28(2,3)38(4,5)37-20-13-15-35(18-20)25-11-10-24(33-34-25)31-27-30-16-22-21-12-14-29-17-23(21)36(26(22)32-27)19-8-6-7-9-19;31-15-8-10-29(13-15)20-6-5-19(27-28-20)25-22-24-11-17-16-7-9-23-12-18(16)30(21(17)26-22)14-3-1-2-4-14;2*1-3-5-7-8-6-4-2;1-2-4-5-3-1;1-2/h10-12,14,16-17,19-20H,6-9,13,15,18H2,1-5H3,(H,30,31,32,33);5-7,9,11-12,14-15,31H,1-4,8,10,13H2,(H,24,25,26,27);2*3-8H2,1-2H3;1-4H2;2H2/t20-;15-;;;;/m11..../s1. The number of β-amino-alcohol motifs (C(OH)–C–C–N with tert-alkyl or cyclic N) is 1. The monoisotopic (exact) mass is 1280 g/mol. The van der Waals surface area contributed by atoms with E-state index in [1.807, 2.05) is 72.4 Å². The number of rotatable bonds is 20. The van der Waals surface area contributed by atoms with Crippen LogP contribution in [-0.4, -0.2) is 124 Å². The van der Waals surface area contributed by atoms with E-state index in [9.17, 15) is 5.11 Å². The molecule has 502 valence electrons. The van der Waals surface area contributed by atoms with Gasteiger partial charge in [0, 0.05) is 97.8 Å². The Morgan fingerprint density at radius 2 is 0.989 bits per heavy atom. The van der Waals surface area contributed by atoms with Crippen molar-refractivity contribution < 1.29 is 18.8 Å². The molecule has 2 aliphatic carbocycles. The molecule has 0 amide bonds. The molecule has 0 radical (unpaired) electrons. The van der Waals surface area contributed by atoms with Gasteiger partial charge in [0.25, 0.3) is 0 Å². The molecular weight excluding hydrogens is 1170 g/mol. The molecule has 5 N–H and O–H groups in total. The summed E-state index contributed by atoms with van der Waals surface area (Å²) in [7, 11) is -1.79. The molecule has 0 spiro atoms. The number of hydrogen-bond donors (Lipinski definition) is 4. The Morgan fingerprint density at radius 1 is 0.554 bits per heavy atom. The van der Waals surface area contributed by atoms with Gasteiger partial charge in [0.15, 0.2) is 31.6 Å². The quantitative estimate of drug-likeness (QED) is 0.0315. The van der Waals surface area contributed by atoms with Crippen molar-refractivity contribution in [1.82, 2.24) is 59.4 Å². The van der Waals surface area contributed by atoms with Crippen molar-refractivity contribution in [2.45, 2.75) is 245 Å². The fourth-order valence-corrected chi connectivity index (χ4v) is 14.0. The molecule has 22 heteroatoms. The van der Waals surface area contributed by atoms with E-state index >= 15 is 0 Å². The minimum absolute atomic E-state index is 0.209. The molecule has 5 fully saturated rings. The Bertz CT molecular complexity index is 3390. The number of aliphatic hydroxyl groups excluding tert-OH is 1. The molecule has 92 heavy (non-hydrogen) atoms. The van der Waals surface area contributed by atoms with Gasteiger partial charge in [-0.3, -0.25) is 9.97 Å². The summed E-state index contributed by atoms with van der Waals surface area (Å²) < 4.78 is 25.3. The topological polar surface area (TPSA) is 234 Å². The van der Waals surface area contributed by atoms with E-state index in [0.717, 1.165) is 101 Å². The fraction of sp³-hybridized carbons (Fsp3) is 0.629. The highest BCUT2D eigenvalue weighted by atomic mass is 28.4. The first kappa shape index (κ1) is 71.3. The SMILES string of the molecule is C1CCOC1.CC(C)(C)[Si](C)(C)O[C@@H]1CCN(c2ccc(Nc3ncc4c5ccncc5n(C5CCCC5)c4n3)nn2)C1.CCCCCCCC.CCCCCCCC.NF.O[C@@H]1CCN(c2ccc(Nc3ncc4c5ccncc5n(C5CCCC5)c4n3)nn2)C1. The summed E-state index contributed by atoms with van der Waals surface area (Å²) in [4.78, 5) is 32.0. The van der Waals surface area contributed by atoms with Gasteiger partial charge < -0.3 is 43.8 Å². The number of fused-ring (bicyclic) bond motifs is 6. The molecule has 11 heterocycles. The van der Waals surface area contributed by atoms with Crippen molar-refractivity contribution >= 4 is 87.4 Å². The van der Waals surface area contributed by atoms with Crippen molar-refractivity contribution in [3.8, 4) is 0 Å². The van der Waals surface area contributed by atoms with Gasteiger partial charge in [-0.15, -0.1) is 24.9 Å². The maximum absolute atomic E-state index is 9.73. The van der Waals surface area contributed by atoms with E-state index in [1.165, 1.54) is 141 Å². The number of aliphatic hydroxyl groups is 1. The number of halogens is 1. The third kappa shape index (κ3) is 19.5. The molecule has 20 nitrogen and oxygen atoms in total. The average Bonchev–Trinajstić information content (AvgIpc) is 1.61. The lowest BCUT2D eigenvalue weighted by molar-refractivity contribution is 0.198. The Balaban J connectivity index is 0.000000178. The zero-order chi connectivity index (χ0) is 65.3. The lowest BCUT2D eigenvalue weighted by Crippen LogP contribution is -2.44. The molecule has 0 bridgehead atoms. The molecule has 8 aromatic heterocycles. The number of ether oxygens (including phenoxy) is 1. The van der Waals surface area contributed by atoms with E-state index in [4.69, 9.17) is 23.6 Å². The van der Waals surface area contributed by atoms with Crippen molar-refractivity contribution in [3.63, 3.8) is 0 Å². The molecule has 2 atom stereocenters. The Kier molecular flexibility index (Phi) is 28.0. The van der Waals surface area contributed by atoms with Gasteiger partial charge in [-0.2, -0.15) is 15.9 Å². The number of anilines is 6. The normalized spacial score (nSPS) is 17.6. The number of nitrogens with one attached hydrogen (secondary N) is 2. The number of pyridine rings is 2.